The van der Waals surface area contributed by atoms with Gasteiger partial charge in [-0.3, -0.25) is 9.59 Å². The van der Waals surface area contributed by atoms with Gasteiger partial charge in [0.1, 0.15) is 11.5 Å². The fourth-order valence-electron chi connectivity index (χ4n) is 1.76. The van der Waals surface area contributed by atoms with Crippen molar-refractivity contribution in [2.45, 2.75) is 39.3 Å². The van der Waals surface area contributed by atoms with Crippen LogP contribution < -0.4 is 11.1 Å². The van der Waals surface area contributed by atoms with Gasteiger partial charge in [-0.05, 0) is 26.8 Å². The number of hydrogen-bond acceptors (Lipinski definition) is 4. The molecule has 1 aromatic heterocycles. The second-order valence-electron chi connectivity index (χ2n) is 4.30. The maximum Gasteiger partial charge on any atom is 0.305 e. The van der Waals surface area contributed by atoms with Crippen molar-refractivity contribution in [2.75, 3.05) is 0 Å². The molecule has 1 rings (SSSR count). The summed E-state index contributed by atoms with van der Waals surface area (Å²) in [7, 11) is 0. The average molecular weight is 254 g/mol. The lowest BCUT2D eigenvalue weighted by Gasteiger charge is -2.16. The Kier molecular flexibility index (Phi) is 4.49. The van der Waals surface area contributed by atoms with E-state index in [1.807, 2.05) is 19.9 Å². The first-order valence-corrected chi connectivity index (χ1v) is 5.66. The van der Waals surface area contributed by atoms with Crippen molar-refractivity contribution < 1.29 is 19.1 Å². The zero-order chi connectivity index (χ0) is 13.9. The van der Waals surface area contributed by atoms with Crippen LogP contribution in [0, 0.1) is 13.8 Å². The first kappa shape index (κ1) is 14.2. The topological polar surface area (TPSA) is 106 Å². The molecular formula is C12H18N2O4. The van der Waals surface area contributed by atoms with Crippen LogP contribution in [0.4, 0.5) is 0 Å². The van der Waals surface area contributed by atoms with Crippen molar-refractivity contribution in [1.82, 2.24) is 5.32 Å². The third-order valence-corrected chi connectivity index (χ3v) is 2.64. The number of carbonyl (C=O) groups excluding carboxylic acids is 1. The molecule has 0 aromatic carbocycles. The summed E-state index contributed by atoms with van der Waals surface area (Å²) in [4.78, 5) is 22.1. The van der Waals surface area contributed by atoms with Gasteiger partial charge in [0.25, 0.3) is 0 Å². The number of rotatable bonds is 5. The molecule has 6 nitrogen and oxygen atoms in total. The number of nitrogens with two attached hydrogens (primary N) is 1. The van der Waals surface area contributed by atoms with E-state index in [9.17, 15) is 9.59 Å². The van der Waals surface area contributed by atoms with E-state index in [1.165, 1.54) is 0 Å². The van der Waals surface area contributed by atoms with Crippen LogP contribution in [-0.2, 0) is 9.59 Å². The predicted molar refractivity (Wildman–Crippen MR) is 65.0 cm³/mol. The van der Waals surface area contributed by atoms with Crippen LogP contribution in [0.2, 0.25) is 0 Å². The molecule has 0 radical (unpaired) electrons. The highest BCUT2D eigenvalue weighted by Crippen LogP contribution is 2.21. The number of carboxylic acids is 1. The number of furan rings is 1. The van der Waals surface area contributed by atoms with Gasteiger partial charge in [-0.25, -0.2) is 0 Å². The highest BCUT2D eigenvalue weighted by molar-refractivity contribution is 5.86. The van der Waals surface area contributed by atoms with Crippen LogP contribution in [0.1, 0.15) is 36.5 Å². The summed E-state index contributed by atoms with van der Waals surface area (Å²) in [5.41, 5.74) is 6.34. The molecule has 0 aliphatic rings. The molecular weight excluding hydrogens is 236 g/mol. The van der Waals surface area contributed by atoms with Crippen LogP contribution in [0.15, 0.2) is 10.5 Å². The molecule has 6 heteroatoms. The molecule has 4 N–H and O–H groups in total. The summed E-state index contributed by atoms with van der Waals surface area (Å²) in [6.45, 7) is 5.42. The van der Waals surface area contributed by atoms with Crippen LogP contribution >= 0.6 is 0 Å². The molecule has 1 heterocycles. The number of hydrogen-bond donors (Lipinski definition) is 3. The summed E-state index contributed by atoms with van der Waals surface area (Å²) in [5.74, 6) is -0.0886. The molecule has 0 spiro atoms. The van der Waals surface area contributed by atoms with Crippen molar-refractivity contribution in [3.05, 3.63) is 23.2 Å². The van der Waals surface area contributed by atoms with Gasteiger partial charge in [0.2, 0.25) is 5.91 Å². The summed E-state index contributed by atoms with van der Waals surface area (Å²) in [6, 6.07) is 0.524. The fourth-order valence-corrected chi connectivity index (χ4v) is 1.76. The molecule has 0 saturated heterocycles. The highest BCUT2D eigenvalue weighted by atomic mass is 16.4. The SMILES string of the molecule is Cc1cc(C(C)NC(=O)C(N)CC(=O)O)c(C)o1. The van der Waals surface area contributed by atoms with Crippen molar-refractivity contribution in [3.63, 3.8) is 0 Å². The molecule has 1 amide bonds. The highest BCUT2D eigenvalue weighted by Gasteiger charge is 2.21. The zero-order valence-electron chi connectivity index (χ0n) is 10.7. The Hall–Kier alpha value is -1.82. The maximum atomic E-state index is 11.7. The normalized spacial score (nSPS) is 14.0. The minimum Gasteiger partial charge on any atom is -0.481 e. The van der Waals surface area contributed by atoms with Crippen LogP contribution in [0.25, 0.3) is 0 Å². The first-order chi connectivity index (χ1) is 8.31. The molecule has 18 heavy (non-hydrogen) atoms. The zero-order valence-corrected chi connectivity index (χ0v) is 10.7. The lowest BCUT2D eigenvalue weighted by Crippen LogP contribution is -2.42. The van der Waals surface area contributed by atoms with Gasteiger partial charge in [0.15, 0.2) is 0 Å². The fraction of sp³-hybridized carbons (Fsp3) is 0.500. The van der Waals surface area contributed by atoms with E-state index in [1.54, 1.807) is 6.92 Å². The van der Waals surface area contributed by atoms with E-state index in [0.717, 1.165) is 17.1 Å². The number of carbonyl (C=O) groups is 2. The molecule has 2 unspecified atom stereocenters. The smallest absolute Gasteiger partial charge is 0.305 e. The monoisotopic (exact) mass is 254 g/mol. The number of carboxylic acid groups (broad SMARTS) is 1. The quantitative estimate of drug-likeness (QED) is 0.723. The van der Waals surface area contributed by atoms with Gasteiger partial charge in [-0.15, -0.1) is 0 Å². The van der Waals surface area contributed by atoms with Gasteiger partial charge in [0.05, 0.1) is 18.5 Å². The van der Waals surface area contributed by atoms with E-state index < -0.39 is 17.9 Å². The van der Waals surface area contributed by atoms with Gasteiger partial charge in [0, 0.05) is 5.56 Å². The molecule has 2 atom stereocenters. The second kappa shape index (κ2) is 5.68. The maximum absolute atomic E-state index is 11.7. The van der Waals surface area contributed by atoms with Crippen molar-refractivity contribution in [1.29, 1.82) is 0 Å². The summed E-state index contributed by atoms with van der Waals surface area (Å²) in [6.07, 6.45) is -0.387. The third-order valence-electron chi connectivity index (χ3n) is 2.64. The Balaban J connectivity index is 2.64. The van der Waals surface area contributed by atoms with E-state index in [0.29, 0.717) is 0 Å². The lowest BCUT2D eigenvalue weighted by molar-refractivity contribution is -0.139. The van der Waals surface area contributed by atoms with Gasteiger partial charge in [-0.2, -0.15) is 0 Å². The number of nitrogens with one attached hydrogen (secondary N) is 1. The van der Waals surface area contributed by atoms with Crippen molar-refractivity contribution in [3.8, 4) is 0 Å². The number of aryl methyl sites for hydroxylation is 2. The van der Waals surface area contributed by atoms with Crippen LogP contribution in [0.5, 0.6) is 0 Å². The van der Waals surface area contributed by atoms with Crippen LogP contribution in [0.3, 0.4) is 0 Å². The largest absolute Gasteiger partial charge is 0.481 e. The van der Waals surface area contributed by atoms with Crippen molar-refractivity contribution >= 4 is 11.9 Å². The Morgan fingerprint density at radius 2 is 2.11 bits per heavy atom. The van der Waals surface area contributed by atoms with Gasteiger partial charge >= 0.3 is 5.97 Å². The summed E-state index contributed by atoms with van der Waals surface area (Å²) >= 11 is 0. The summed E-state index contributed by atoms with van der Waals surface area (Å²) < 4.78 is 5.37. The van der Waals surface area contributed by atoms with E-state index in [2.05, 4.69) is 5.32 Å². The summed E-state index contributed by atoms with van der Waals surface area (Å²) in [5, 5.41) is 11.2. The predicted octanol–water partition coefficient (Wildman–Crippen LogP) is 0.876. The molecule has 100 valence electrons. The second-order valence-corrected chi connectivity index (χ2v) is 4.30. The standard InChI is InChI=1S/C12H18N2O4/c1-6-4-9(8(3)18-6)7(2)14-12(17)10(13)5-11(15)16/h4,7,10H,5,13H2,1-3H3,(H,14,17)(H,15,16). The number of amides is 1. The van der Waals surface area contributed by atoms with E-state index in [-0.39, 0.29) is 12.5 Å². The molecule has 0 bridgehead atoms. The lowest BCUT2D eigenvalue weighted by atomic mass is 10.1. The van der Waals surface area contributed by atoms with Crippen molar-refractivity contribution in [2.24, 2.45) is 5.73 Å². The molecule has 0 aliphatic heterocycles. The molecule has 0 aliphatic carbocycles. The number of aliphatic carboxylic acids is 1. The average Bonchev–Trinajstić information content (AvgIpc) is 2.56. The molecule has 0 fully saturated rings. The first-order valence-electron chi connectivity index (χ1n) is 5.66. The molecule has 0 saturated carbocycles. The molecule has 1 aromatic rings. The van der Waals surface area contributed by atoms with Crippen LogP contribution in [-0.4, -0.2) is 23.0 Å². The Bertz CT molecular complexity index is 453. The van der Waals surface area contributed by atoms with E-state index >= 15 is 0 Å². The Morgan fingerprint density at radius 3 is 2.56 bits per heavy atom. The Morgan fingerprint density at radius 1 is 1.50 bits per heavy atom. The van der Waals surface area contributed by atoms with Gasteiger partial charge < -0.3 is 20.6 Å². The van der Waals surface area contributed by atoms with E-state index in [4.69, 9.17) is 15.3 Å². The minimum atomic E-state index is -1.10. The third kappa shape index (κ3) is 3.59. The minimum absolute atomic E-state index is 0.269. The van der Waals surface area contributed by atoms with Gasteiger partial charge in [-0.1, -0.05) is 0 Å². The Labute approximate surface area is 105 Å².